The first-order valence-corrected chi connectivity index (χ1v) is 9.41. The van der Waals surface area contributed by atoms with Gasteiger partial charge in [0.2, 0.25) is 10.0 Å². The Labute approximate surface area is 146 Å². The molecule has 6 nitrogen and oxygen atoms in total. The van der Waals surface area contributed by atoms with Crippen molar-refractivity contribution >= 4 is 16.1 Å². The summed E-state index contributed by atoms with van der Waals surface area (Å²) in [4.78, 5) is 13.0. The molecule has 2 rings (SSSR count). The van der Waals surface area contributed by atoms with Crippen LogP contribution in [0.3, 0.4) is 0 Å². The van der Waals surface area contributed by atoms with Crippen molar-refractivity contribution in [2.45, 2.75) is 50.2 Å². The Balaban J connectivity index is 1.96. The molecular weight excluding hydrogens is 354 g/mol. The molecule has 1 fully saturated rings. The molecule has 1 amide bonds. The molecule has 1 aromatic rings. The summed E-state index contributed by atoms with van der Waals surface area (Å²) in [5, 5.41) is 0. The van der Waals surface area contributed by atoms with Gasteiger partial charge in [-0.05, 0) is 45.7 Å². The molecule has 1 heterocycles. The highest BCUT2D eigenvalue weighted by molar-refractivity contribution is 7.89. The van der Waals surface area contributed by atoms with Gasteiger partial charge >= 0.3 is 6.09 Å². The Bertz CT molecular complexity index is 719. The Morgan fingerprint density at radius 1 is 1.16 bits per heavy atom. The highest BCUT2D eigenvalue weighted by Gasteiger charge is 2.29. The number of rotatable bonds is 3. The molecule has 0 unspecified atom stereocenters. The van der Waals surface area contributed by atoms with Gasteiger partial charge in [0.15, 0.2) is 0 Å². The largest absolute Gasteiger partial charge is 0.444 e. The van der Waals surface area contributed by atoms with Crippen molar-refractivity contribution in [1.29, 1.82) is 0 Å². The number of likely N-dealkylation sites (tertiary alicyclic amines) is 1. The predicted molar refractivity (Wildman–Crippen MR) is 87.5 cm³/mol. The highest BCUT2D eigenvalue weighted by Crippen LogP contribution is 2.19. The predicted octanol–water partition coefficient (Wildman–Crippen LogP) is 2.64. The van der Waals surface area contributed by atoms with Crippen molar-refractivity contribution in [3.05, 3.63) is 29.8 Å². The number of carbonyl (C=O) groups excluding carboxylic acids is 1. The second-order valence-corrected chi connectivity index (χ2v) is 8.68. The number of ether oxygens (including phenoxy) is 1. The van der Waals surface area contributed by atoms with E-state index in [4.69, 9.17) is 4.74 Å². The summed E-state index contributed by atoms with van der Waals surface area (Å²) >= 11 is 0. The summed E-state index contributed by atoms with van der Waals surface area (Å²) in [6.07, 6.45) is 0.327. The molecular formula is C16H22F2N2O4S. The number of sulfonamides is 1. The molecule has 1 aromatic carbocycles. The van der Waals surface area contributed by atoms with E-state index in [1.54, 1.807) is 20.8 Å². The first kappa shape index (κ1) is 19.6. The second-order valence-electron chi connectivity index (χ2n) is 6.97. The maximum absolute atomic E-state index is 13.2. The van der Waals surface area contributed by atoms with Crippen LogP contribution in [0.25, 0.3) is 0 Å². The first-order valence-electron chi connectivity index (χ1n) is 7.93. The van der Waals surface area contributed by atoms with Crippen LogP contribution in [0.1, 0.15) is 33.6 Å². The Kier molecular flexibility index (Phi) is 5.68. The van der Waals surface area contributed by atoms with E-state index < -0.39 is 44.3 Å². The molecule has 25 heavy (non-hydrogen) atoms. The van der Waals surface area contributed by atoms with Crippen LogP contribution in [0.5, 0.6) is 0 Å². The number of nitrogens with one attached hydrogen (secondary N) is 1. The molecule has 0 spiro atoms. The van der Waals surface area contributed by atoms with Crippen LogP contribution < -0.4 is 4.72 Å². The second kappa shape index (κ2) is 7.25. The van der Waals surface area contributed by atoms with E-state index in [-0.39, 0.29) is 0 Å². The van der Waals surface area contributed by atoms with Crippen LogP contribution in [0.4, 0.5) is 13.6 Å². The summed E-state index contributed by atoms with van der Waals surface area (Å²) in [5.41, 5.74) is -0.600. The standard InChI is InChI=1S/C16H22F2N2O4S/c1-16(2,3)24-15(21)20-6-4-13(5-7-20)19-25(22,23)14-9-11(17)8-12(18)10-14/h8-10,13,19H,4-7H2,1-3H3. The molecule has 0 atom stereocenters. The molecule has 0 aliphatic carbocycles. The fraction of sp³-hybridized carbons (Fsp3) is 0.562. The van der Waals surface area contributed by atoms with Crippen molar-refractivity contribution in [2.24, 2.45) is 0 Å². The molecule has 0 aromatic heterocycles. The summed E-state index contributed by atoms with van der Waals surface area (Å²) in [7, 11) is -4.04. The van der Waals surface area contributed by atoms with Crippen LogP contribution >= 0.6 is 0 Å². The lowest BCUT2D eigenvalue weighted by Gasteiger charge is -2.33. The number of hydrogen-bond acceptors (Lipinski definition) is 4. The van der Waals surface area contributed by atoms with Gasteiger partial charge in [-0.25, -0.2) is 26.7 Å². The average Bonchev–Trinajstić information content (AvgIpc) is 2.44. The molecule has 1 aliphatic heterocycles. The van der Waals surface area contributed by atoms with Crippen molar-refractivity contribution in [3.8, 4) is 0 Å². The number of amides is 1. The number of halogens is 2. The lowest BCUT2D eigenvalue weighted by molar-refractivity contribution is 0.0203. The van der Waals surface area contributed by atoms with E-state index >= 15 is 0 Å². The van der Waals surface area contributed by atoms with Crippen LogP contribution in [-0.2, 0) is 14.8 Å². The third kappa shape index (κ3) is 5.64. The minimum absolute atomic E-state index is 0.333. The summed E-state index contributed by atoms with van der Waals surface area (Å²) in [6.45, 7) is 5.97. The zero-order chi connectivity index (χ0) is 18.8. The fourth-order valence-corrected chi connectivity index (χ4v) is 3.82. The minimum atomic E-state index is -4.04. The number of nitrogens with zero attached hydrogens (tertiary/aromatic N) is 1. The van der Waals surface area contributed by atoms with Crippen molar-refractivity contribution in [2.75, 3.05) is 13.1 Å². The summed E-state index contributed by atoms with van der Waals surface area (Å²) in [6, 6.07) is 1.72. The van der Waals surface area contributed by atoms with E-state index in [2.05, 4.69) is 4.72 Å². The molecule has 1 N–H and O–H groups in total. The van der Waals surface area contributed by atoms with Gasteiger partial charge in [0.1, 0.15) is 17.2 Å². The topological polar surface area (TPSA) is 75.7 Å². The van der Waals surface area contributed by atoms with E-state index in [0.29, 0.717) is 32.0 Å². The number of carbonyl (C=O) groups is 1. The van der Waals surface area contributed by atoms with Crippen LogP contribution in [-0.4, -0.2) is 44.1 Å². The maximum atomic E-state index is 13.2. The van der Waals surface area contributed by atoms with Gasteiger partial charge in [-0.2, -0.15) is 0 Å². The zero-order valence-electron chi connectivity index (χ0n) is 14.4. The van der Waals surface area contributed by atoms with Gasteiger partial charge in [-0.3, -0.25) is 0 Å². The van der Waals surface area contributed by atoms with Gasteiger partial charge < -0.3 is 9.64 Å². The quantitative estimate of drug-likeness (QED) is 0.880. The van der Waals surface area contributed by atoms with E-state index in [1.165, 1.54) is 4.90 Å². The molecule has 0 radical (unpaired) electrons. The Morgan fingerprint density at radius 2 is 1.68 bits per heavy atom. The normalized spacial score (nSPS) is 16.8. The fourth-order valence-electron chi connectivity index (χ4n) is 2.48. The molecule has 0 saturated carbocycles. The average molecular weight is 376 g/mol. The summed E-state index contributed by atoms with van der Waals surface area (Å²) in [5.74, 6) is -1.92. The molecule has 9 heteroatoms. The van der Waals surface area contributed by atoms with Crippen LogP contribution in [0.15, 0.2) is 23.1 Å². The Hall–Kier alpha value is -1.74. The SMILES string of the molecule is CC(C)(C)OC(=O)N1CCC(NS(=O)(=O)c2cc(F)cc(F)c2)CC1. The smallest absolute Gasteiger partial charge is 0.410 e. The number of piperidine rings is 1. The van der Waals surface area contributed by atoms with Gasteiger partial charge in [-0.1, -0.05) is 0 Å². The van der Waals surface area contributed by atoms with Crippen LogP contribution in [0.2, 0.25) is 0 Å². The third-order valence-electron chi connectivity index (χ3n) is 3.61. The monoisotopic (exact) mass is 376 g/mol. The lowest BCUT2D eigenvalue weighted by atomic mass is 10.1. The van der Waals surface area contributed by atoms with Crippen molar-refractivity contribution in [3.63, 3.8) is 0 Å². The summed E-state index contributed by atoms with van der Waals surface area (Å²) < 4.78 is 58.7. The molecule has 0 bridgehead atoms. The molecule has 140 valence electrons. The van der Waals surface area contributed by atoms with Crippen LogP contribution in [0, 0.1) is 11.6 Å². The lowest BCUT2D eigenvalue weighted by Crippen LogP contribution is -2.47. The third-order valence-corrected chi connectivity index (χ3v) is 5.11. The van der Waals surface area contributed by atoms with Crippen molar-refractivity contribution < 1.29 is 26.7 Å². The van der Waals surface area contributed by atoms with Gasteiger partial charge in [0.25, 0.3) is 0 Å². The van der Waals surface area contributed by atoms with Crippen molar-refractivity contribution in [1.82, 2.24) is 9.62 Å². The van der Waals surface area contributed by atoms with Gasteiger partial charge in [-0.15, -0.1) is 0 Å². The van der Waals surface area contributed by atoms with Gasteiger partial charge in [0, 0.05) is 25.2 Å². The van der Waals surface area contributed by atoms with Gasteiger partial charge in [0.05, 0.1) is 4.90 Å². The highest BCUT2D eigenvalue weighted by atomic mass is 32.2. The first-order chi connectivity index (χ1) is 11.5. The zero-order valence-corrected chi connectivity index (χ0v) is 15.2. The van der Waals surface area contributed by atoms with E-state index in [0.717, 1.165) is 12.1 Å². The molecule has 1 saturated heterocycles. The maximum Gasteiger partial charge on any atom is 0.410 e. The number of hydrogen-bond donors (Lipinski definition) is 1. The van der Waals surface area contributed by atoms with E-state index in [9.17, 15) is 22.0 Å². The minimum Gasteiger partial charge on any atom is -0.444 e. The van der Waals surface area contributed by atoms with E-state index in [1.807, 2.05) is 0 Å². The molecule has 1 aliphatic rings. The Morgan fingerprint density at radius 3 is 2.16 bits per heavy atom. The number of benzene rings is 1.